The van der Waals surface area contributed by atoms with E-state index in [2.05, 4.69) is 5.32 Å². The monoisotopic (exact) mass is 205 g/mol. The van der Waals surface area contributed by atoms with Gasteiger partial charge in [0, 0.05) is 18.9 Å². The number of rotatable bonds is 5. The summed E-state index contributed by atoms with van der Waals surface area (Å²) >= 11 is 0. The molecule has 1 amide bonds. The zero-order valence-corrected chi connectivity index (χ0v) is 8.77. The molecule has 1 aromatic rings. The molecule has 1 rings (SSSR count). The van der Waals surface area contributed by atoms with Crippen LogP contribution < -0.4 is 5.32 Å². The van der Waals surface area contributed by atoms with Crippen LogP contribution in [0.2, 0.25) is 0 Å². The average Bonchev–Trinajstić information content (AvgIpc) is 2.27. The molecule has 0 saturated carbocycles. The molecule has 0 aromatic heterocycles. The predicted molar refractivity (Wildman–Crippen MR) is 58.1 cm³/mol. The van der Waals surface area contributed by atoms with Gasteiger partial charge < -0.3 is 10.1 Å². The van der Waals surface area contributed by atoms with E-state index in [1.165, 1.54) is 0 Å². The zero-order chi connectivity index (χ0) is 11.1. The molecule has 1 N–H and O–H groups in total. The molecule has 1 aromatic carbocycles. The summed E-state index contributed by atoms with van der Waals surface area (Å²) in [4.78, 5) is 21.7. The molecule has 0 radical (unpaired) electrons. The van der Waals surface area contributed by atoms with Gasteiger partial charge in [-0.05, 0) is 5.56 Å². The van der Waals surface area contributed by atoms with Gasteiger partial charge in [-0.3, -0.25) is 4.79 Å². The van der Waals surface area contributed by atoms with Crippen molar-refractivity contribution in [3.63, 3.8) is 0 Å². The minimum absolute atomic E-state index is 0.0778. The summed E-state index contributed by atoms with van der Waals surface area (Å²) in [7, 11) is 0. The van der Waals surface area contributed by atoms with E-state index < -0.39 is 0 Å². The Kier molecular flexibility index (Phi) is 4.54. The quantitative estimate of drug-likeness (QED) is 0.741. The average molecular weight is 205 g/mol. The van der Waals surface area contributed by atoms with Gasteiger partial charge in [-0.1, -0.05) is 37.3 Å². The molecule has 0 spiro atoms. The van der Waals surface area contributed by atoms with E-state index in [4.69, 9.17) is 0 Å². The third kappa shape index (κ3) is 3.94. The van der Waals surface area contributed by atoms with Gasteiger partial charge in [0.25, 0.3) is 0 Å². The van der Waals surface area contributed by atoms with Crippen molar-refractivity contribution in [1.82, 2.24) is 5.32 Å². The van der Waals surface area contributed by atoms with Crippen LogP contribution in [0.25, 0.3) is 0 Å². The van der Waals surface area contributed by atoms with Crippen LogP contribution in [-0.4, -0.2) is 12.2 Å². The largest absolute Gasteiger partial charge is 0.352 e. The van der Waals surface area contributed by atoms with E-state index in [-0.39, 0.29) is 18.2 Å². The summed E-state index contributed by atoms with van der Waals surface area (Å²) in [5, 5.41) is 2.79. The molecule has 0 heterocycles. The lowest BCUT2D eigenvalue weighted by atomic mass is 10.1. The van der Waals surface area contributed by atoms with Crippen molar-refractivity contribution in [2.75, 3.05) is 0 Å². The van der Waals surface area contributed by atoms with E-state index in [1.807, 2.05) is 30.3 Å². The van der Waals surface area contributed by atoms with Gasteiger partial charge in [0.1, 0.15) is 6.29 Å². The number of aldehydes is 1. The second kappa shape index (κ2) is 5.96. The highest BCUT2D eigenvalue weighted by Gasteiger charge is 2.10. The summed E-state index contributed by atoms with van der Waals surface area (Å²) in [6, 6.07) is 9.68. The van der Waals surface area contributed by atoms with Crippen molar-refractivity contribution in [1.29, 1.82) is 0 Å². The van der Waals surface area contributed by atoms with Gasteiger partial charge >= 0.3 is 0 Å². The number of amides is 1. The van der Waals surface area contributed by atoms with Crippen LogP contribution >= 0.6 is 0 Å². The van der Waals surface area contributed by atoms with Gasteiger partial charge in [-0.25, -0.2) is 0 Å². The molecular formula is C12H15NO2. The Morgan fingerprint density at radius 3 is 2.67 bits per heavy atom. The minimum atomic E-state index is -0.244. The number of nitrogens with one attached hydrogen (secondary N) is 1. The predicted octanol–water partition coefficient (Wildman–Crippen LogP) is 1.53. The van der Waals surface area contributed by atoms with Crippen molar-refractivity contribution in [2.24, 2.45) is 5.92 Å². The lowest BCUT2D eigenvalue weighted by Gasteiger charge is -2.09. The Morgan fingerprint density at radius 1 is 1.40 bits per heavy atom. The number of carbonyl (C=O) groups excluding carboxylic acids is 2. The molecule has 80 valence electrons. The molecule has 0 aliphatic heterocycles. The Labute approximate surface area is 89.5 Å². The highest BCUT2D eigenvalue weighted by atomic mass is 16.2. The molecule has 1 unspecified atom stereocenters. The summed E-state index contributed by atoms with van der Waals surface area (Å²) in [5.41, 5.74) is 1.06. The summed E-state index contributed by atoms with van der Waals surface area (Å²) < 4.78 is 0. The lowest BCUT2D eigenvalue weighted by molar-refractivity contribution is -0.126. The molecule has 0 fully saturated rings. The fourth-order valence-electron chi connectivity index (χ4n) is 1.21. The Morgan fingerprint density at radius 2 is 2.07 bits per heavy atom. The molecule has 3 heteroatoms. The molecular weight excluding hydrogens is 190 g/mol. The lowest BCUT2D eigenvalue weighted by Crippen LogP contribution is -2.28. The van der Waals surface area contributed by atoms with E-state index in [9.17, 15) is 9.59 Å². The fourth-order valence-corrected chi connectivity index (χ4v) is 1.21. The Hall–Kier alpha value is -1.64. The third-order valence-corrected chi connectivity index (χ3v) is 2.21. The van der Waals surface area contributed by atoms with Crippen molar-refractivity contribution < 1.29 is 9.59 Å². The van der Waals surface area contributed by atoms with E-state index in [0.717, 1.165) is 11.8 Å². The molecule has 0 aliphatic carbocycles. The molecule has 0 aliphatic rings. The van der Waals surface area contributed by atoms with Gasteiger partial charge in [-0.2, -0.15) is 0 Å². The maximum Gasteiger partial charge on any atom is 0.223 e. The number of carbonyl (C=O) groups is 2. The fraction of sp³-hybridized carbons (Fsp3) is 0.333. The second-order valence-electron chi connectivity index (χ2n) is 3.51. The van der Waals surface area contributed by atoms with Crippen LogP contribution in [0.1, 0.15) is 18.9 Å². The van der Waals surface area contributed by atoms with Crippen LogP contribution in [0.15, 0.2) is 30.3 Å². The Balaban J connectivity index is 2.37. The van der Waals surface area contributed by atoms with Crippen LogP contribution in [0.3, 0.4) is 0 Å². The smallest absolute Gasteiger partial charge is 0.223 e. The van der Waals surface area contributed by atoms with Crippen molar-refractivity contribution >= 4 is 12.2 Å². The van der Waals surface area contributed by atoms with Crippen molar-refractivity contribution in [2.45, 2.75) is 19.9 Å². The zero-order valence-electron chi connectivity index (χ0n) is 8.77. The summed E-state index contributed by atoms with van der Waals surface area (Å²) in [6.45, 7) is 2.26. The topological polar surface area (TPSA) is 46.2 Å². The van der Waals surface area contributed by atoms with Crippen LogP contribution in [0.5, 0.6) is 0 Å². The summed E-state index contributed by atoms with van der Waals surface area (Å²) in [5.74, 6) is -0.322. The molecule has 0 bridgehead atoms. The summed E-state index contributed by atoms with van der Waals surface area (Å²) in [6.07, 6.45) is 1.05. The highest BCUT2D eigenvalue weighted by molar-refractivity contribution is 5.80. The van der Waals surface area contributed by atoms with E-state index in [1.54, 1.807) is 6.92 Å². The Bertz CT molecular complexity index is 322. The first-order chi connectivity index (χ1) is 7.24. The maximum atomic E-state index is 11.4. The van der Waals surface area contributed by atoms with Gasteiger partial charge in [0.05, 0.1) is 0 Å². The molecule has 15 heavy (non-hydrogen) atoms. The van der Waals surface area contributed by atoms with Crippen LogP contribution in [0, 0.1) is 5.92 Å². The molecule has 1 atom stereocenters. The van der Waals surface area contributed by atoms with Gasteiger partial charge in [0.2, 0.25) is 5.91 Å². The maximum absolute atomic E-state index is 11.4. The van der Waals surface area contributed by atoms with E-state index >= 15 is 0 Å². The van der Waals surface area contributed by atoms with Gasteiger partial charge in [0.15, 0.2) is 0 Å². The highest BCUT2D eigenvalue weighted by Crippen LogP contribution is 2.01. The minimum Gasteiger partial charge on any atom is -0.352 e. The number of benzene rings is 1. The normalized spacial score (nSPS) is 11.8. The van der Waals surface area contributed by atoms with Crippen molar-refractivity contribution in [3.05, 3.63) is 35.9 Å². The number of hydrogen-bond donors (Lipinski definition) is 1. The second-order valence-corrected chi connectivity index (χ2v) is 3.51. The SMILES string of the molecule is CC(CC=O)C(=O)NCc1ccccc1. The third-order valence-electron chi connectivity index (χ3n) is 2.21. The van der Waals surface area contributed by atoms with E-state index in [0.29, 0.717) is 6.54 Å². The molecule has 0 saturated heterocycles. The van der Waals surface area contributed by atoms with Crippen LogP contribution in [-0.2, 0) is 16.1 Å². The van der Waals surface area contributed by atoms with Gasteiger partial charge in [-0.15, -0.1) is 0 Å². The first-order valence-corrected chi connectivity index (χ1v) is 4.99. The standard InChI is InChI=1S/C12H15NO2/c1-10(7-8-14)12(15)13-9-11-5-3-2-4-6-11/h2-6,8,10H,7,9H2,1H3,(H,13,15). The number of hydrogen-bond acceptors (Lipinski definition) is 2. The van der Waals surface area contributed by atoms with Crippen LogP contribution in [0.4, 0.5) is 0 Å². The molecule has 3 nitrogen and oxygen atoms in total. The first-order valence-electron chi connectivity index (χ1n) is 4.99. The first kappa shape index (κ1) is 11.4. The van der Waals surface area contributed by atoms with Crippen molar-refractivity contribution in [3.8, 4) is 0 Å².